The van der Waals surface area contributed by atoms with Crippen LogP contribution in [0.25, 0.3) is 0 Å². The number of carbonyl (C=O) groups excluding carboxylic acids is 1. The molecular weight excluding hydrogens is 142 g/mol. The molecular formula is C8H15NO2. The van der Waals surface area contributed by atoms with E-state index in [2.05, 4.69) is 17.2 Å². The van der Waals surface area contributed by atoms with Gasteiger partial charge in [0.25, 0.3) is 0 Å². The summed E-state index contributed by atoms with van der Waals surface area (Å²) in [6.45, 7) is 3.81. The molecule has 0 aromatic heterocycles. The highest BCUT2D eigenvalue weighted by molar-refractivity contribution is 5.87. The quantitative estimate of drug-likeness (QED) is 0.495. The standard InChI is InChI=1S/C8H15NO2/c1-4-5-6-7(2)8(10)11-9-3/h6,9H,4-5H2,1-3H3. The highest BCUT2D eigenvalue weighted by Crippen LogP contribution is 1.99. The van der Waals surface area contributed by atoms with Gasteiger partial charge in [0.2, 0.25) is 0 Å². The van der Waals surface area contributed by atoms with Crippen LogP contribution in [0.2, 0.25) is 0 Å². The SMILES string of the molecule is CCCC=C(C)C(=O)ONC. The molecule has 3 nitrogen and oxygen atoms in total. The average Bonchev–Trinajstić information content (AvgIpc) is 2.00. The van der Waals surface area contributed by atoms with Gasteiger partial charge in [-0.3, -0.25) is 0 Å². The molecule has 0 unspecified atom stereocenters. The van der Waals surface area contributed by atoms with E-state index >= 15 is 0 Å². The summed E-state index contributed by atoms with van der Waals surface area (Å²) >= 11 is 0. The van der Waals surface area contributed by atoms with E-state index in [4.69, 9.17) is 0 Å². The van der Waals surface area contributed by atoms with Crippen molar-refractivity contribution in [1.29, 1.82) is 0 Å². The van der Waals surface area contributed by atoms with E-state index in [1.807, 2.05) is 6.08 Å². The van der Waals surface area contributed by atoms with E-state index in [0.717, 1.165) is 12.8 Å². The van der Waals surface area contributed by atoms with Crippen LogP contribution < -0.4 is 5.48 Å². The Balaban J connectivity index is 3.80. The zero-order valence-corrected chi connectivity index (χ0v) is 7.31. The summed E-state index contributed by atoms with van der Waals surface area (Å²) < 4.78 is 0. The maximum atomic E-state index is 10.9. The number of unbranched alkanes of at least 4 members (excludes halogenated alkanes) is 1. The lowest BCUT2D eigenvalue weighted by Crippen LogP contribution is -2.15. The second-order valence-corrected chi connectivity index (χ2v) is 2.27. The lowest BCUT2D eigenvalue weighted by atomic mass is 10.2. The van der Waals surface area contributed by atoms with Gasteiger partial charge in [0.15, 0.2) is 0 Å². The summed E-state index contributed by atoms with van der Waals surface area (Å²) in [5, 5.41) is 0. The Morgan fingerprint density at radius 1 is 1.64 bits per heavy atom. The highest BCUT2D eigenvalue weighted by Gasteiger charge is 2.02. The summed E-state index contributed by atoms with van der Waals surface area (Å²) in [6.07, 6.45) is 3.84. The highest BCUT2D eigenvalue weighted by atomic mass is 16.7. The molecule has 0 bridgehead atoms. The molecule has 0 spiro atoms. The fourth-order valence-electron chi connectivity index (χ4n) is 0.617. The van der Waals surface area contributed by atoms with Gasteiger partial charge in [-0.15, -0.1) is 0 Å². The average molecular weight is 157 g/mol. The fraction of sp³-hybridized carbons (Fsp3) is 0.625. The molecule has 0 heterocycles. The van der Waals surface area contributed by atoms with Gasteiger partial charge in [-0.25, -0.2) is 4.79 Å². The summed E-state index contributed by atoms with van der Waals surface area (Å²) in [5.74, 6) is -0.305. The molecule has 0 fully saturated rings. The van der Waals surface area contributed by atoms with Gasteiger partial charge in [-0.1, -0.05) is 19.4 Å². The van der Waals surface area contributed by atoms with E-state index in [1.54, 1.807) is 14.0 Å². The van der Waals surface area contributed by atoms with E-state index in [-0.39, 0.29) is 5.97 Å². The predicted octanol–water partition coefficient (Wildman–Crippen LogP) is 1.41. The molecule has 0 aromatic rings. The Bertz CT molecular complexity index is 152. The maximum absolute atomic E-state index is 10.9. The van der Waals surface area contributed by atoms with Crippen molar-refractivity contribution in [3.8, 4) is 0 Å². The van der Waals surface area contributed by atoms with Crippen LogP contribution in [0.1, 0.15) is 26.7 Å². The second-order valence-electron chi connectivity index (χ2n) is 2.27. The maximum Gasteiger partial charge on any atom is 0.352 e. The van der Waals surface area contributed by atoms with Gasteiger partial charge >= 0.3 is 5.97 Å². The van der Waals surface area contributed by atoms with Crippen LogP contribution >= 0.6 is 0 Å². The molecule has 11 heavy (non-hydrogen) atoms. The molecule has 3 heteroatoms. The number of carbonyl (C=O) groups is 1. The third kappa shape index (κ3) is 4.56. The van der Waals surface area contributed by atoms with Gasteiger partial charge in [-0.05, 0) is 13.3 Å². The molecule has 0 saturated heterocycles. The van der Waals surface area contributed by atoms with Crippen LogP contribution in [0.5, 0.6) is 0 Å². The Morgan fingerprint density at radius 3 is 2.73 bits per heavy atom. The van der Waals surface area contributed by atoms with Crippen molar-refractivity contribution in [1.82, 2.24) is 5.48 Å². The first-order valence-corrected chi connectivity index (χ1v) is 3.77. The van der Waals surface area contributed by atoms with Crippen molar-refractivity contribution in [2.24, 2.45) is 0 Å². The predicted molar refractivity (Wildman–Crippen MR) is 43.8 cm³/mol. The van der Waals surface area contributed by atoms with Crippen molar-refractivity contribution < 1.29 is 9.63 Å². The van der Waals surface area contributed by atoms with Crippen LogP contribution in [0.15, 0.2) is 11.6 Å². The van der Waals surface area contributed by atoms with Crippen molar-refractivity contribution in [2.45, 2.75) is 26.7 Å². The smallest absolute Gasteiger partial charge is 0.352 e. The minimum Gasteiger partial charge on any atom is -0.367 e. The van der Waals surface area contributed by atoms with Crippen LogP contribution in [0.4, 0.5) is 0 Å². The van der Waals surface area contributed by atoms with Crippen LogP contribution in [-0.2, 0) is 9.63 Å². The lowest BCUT2D eigenvalue weighted by Gasteiger charge is -1.99. The Labute approximate surface area is 67.4 Å². The van der Waals surface area contributed by atoms with E-state index in [9.17, 15) is 4.79 Å². The topological polar surface area (TPSA) is 38.3 Å². The molecule has 0 aliphatic heterocycles. The van der Waals surface area contributed by atoms with Crippen molar-refractivity contribution >= 4 is 5.97 Å². The lowest BCUT2D eigenvalue weighted by molar-refractivity contribution is -0.145. The molecule has 0 amide bonds. The van der Waals surface area contributed by atoms with Gasteiger partial charge in [-0.2, -0.15) is 5.48 Å². The second kappa shape index (κ2) is 5.92. The zero-order valence-electron chi connectivity index (χ0n) is 7.31. The van der Waals surface area contributed by atoms with Gasteiger partial charge in [0.05, 0.1) is 0 Å². The first-order chi connectivity index (χ1) is 5.22. The van der Waals surface area contributed by atoms with Crippen molar-refractivity contribution in [2.75, 3.05) is 7.05 Å². The van der Waals surface area contributed by atoms with E-state index in [0.29, 0.717) is 5.57 Å². The monoisotopic (exact) mass is 157 g/mol. The van der Waals surface area contributed by atoms with Gasteiger partial charge < -0.3 is 4.84 Å². The first kappa shape index (κ1) is 10.2. The minimum atomic E-state index is -0.305. The fourth-order valence-corrected chi connectivity index (χ4v) is 0.617. The number of nitrogens with one attached hydrogen (secondary N) is 1. The number of allylic oxidation sites excluding steroid dienone is 1. The van der Waals surface area contributed by atoms with Crippen LogP contribution in [0.3, 0.4) is 0 Å². The van der Waals surface area contributed by atoms with Crippen molar-refractivity contribution in [3.05, 3.63) is 11.6 Å². The van der Waals surface area contributed by atoms with Gasteiger partial charge in [0, 0.05) is 12.6 Å². The third-order valence-electron chi connectivity index (χ3n) is 1.26. The van der Waals surface area contributed by atoms with E-state index < -0.39 is 0 Å². The number of hydrogen-bond donors (Lipinski definition) is 1. The zero-order chi connectivity index (χ0) is 8.69. The van der Waals surface area contributed by atoms with Gasteiger partial charge in [0.1, 0.15) is 0 Å². The Hall–Kier alpha value is -0.830. The largest absolute Gasteiger partial charge is 0.367 e. The molecule has 1 N–H and O–H groups in total. The molecule has 0 aliphatic rings. The summed E-state index contributed by atoms with van der Waals surface area (Å²) in [5.41, 5.74) is 2.99. The third-order valence-corrected chi connectivity index (χ3v) is 1.26. The normalized spacial score (nSPS) is 11.4. The summed E-state index contributed by atoms with van der Waals surface area (Å²) in [4.78, 5) is 15.4. The number of hydrogen-bond acceptors (Lipinski definition) is 3. The van der Waals surface area contributed by atoms with Crippen molar-refractivity contribution in [3.63, 3.8) is 0 Å². The molecule has 0 saturated carbocycles. The molecule has 64 valence electrons. The summed E-state index contributed by atoms with van der Waals surface area (Å²) in [7, 11) is 1.56. The molecule has 0 atom stereocenters. The Morgan fingerprint density at radius 2 is 2.27 bits per heavy atom. The molecule has 0 radical (unpaired) electrons. The summed E-state index contributed by atoms with van der Waals surface area (Å²) in [6, 6.07) is 0. The molecule has 0 aromatic carbocycles. The number of hydroxylamine groups is 1. The van der Waals surface area contributed by atoms with Crippen LogP contribution in [0, 0.1) is 0 Å². The first-order valence-electron chi connectivity index (χ1n) is 3.77. The van der Waals surface area contributed by atoms with E-state index in [1.165, 1.54) is 0 Å². The Kier molecular flexibility index (Phi) is 5.47. The molecule has 0 aliphatic carbocycles. The minimum absolute atomic E-state index is 0.305. The molecule has 0 rings (SSSR count). The number of rotatable bonds is 4. The van der Waals surface area contributed by atoms with Crippen LogP contribution in [-0.4, -0.2) is 13.0 Å².